The first-order valence-electron chi connectivity index (χ1n) is 12.6. The molecule has 1 saturated carbocycles. The highest BCUT2D eigenvalue weighted by molar-refractivity contribution is 9.10. The fourth-order valence-electron chi connectivity index (χ4n) is 4.71. The number of ether oxygens (including phenoxy) is 1. The van der Waals surface area contributed by atoms with Crippen molar-refractivity contribution in [3.8, 4) is 0 Å². The third kappa shape index (κ3) is 6.17. The summed E-state index contributed by atoms with van der Waals surface area (Å²) in [6, 6.07) is 3.49. The number of nitrogens with zero attached hydrogens (tertiary/aromatic N) is 3. The topological polar surface area (TPSA) is 113 Å². The molecule has 204 valence electrons. The molecule has 2 aliphatic heterocycles. The van der Waals surface area contributed by atoms with E-state index in [0.717, 1.165) is 12.8 Å². The molecule has 1 aromatic carbocycles. The summed E-state index contributed by atoms with van der Waals surface area (Å²) in [6.45, 7) is 3.68. The van der Waals surface area contributed by atoms with Crippen molar-refractivity contribution in [3.63, 3.8) is 0 Å². The van der Waals surface area contributed by atoms with Crippen molar-refractivity contribution in [1.29, 1.82) is 0 Å². The summed E-state index contributed by atoms with van der Waals surface area (Å²) in [7, 11) is -3.24. The highest BCUT2D eigenvalue weighted by atomic mass is 79.9. The van der Waals surface area contributed by atoms with E-state index >= 15 is 0 Å². The van der Waals surface area contributed by atoms with Crippen molar-refractivity contribution < 1.29 is 22.3 Å². The van der Waals surface area contributed by atoms with E-state index in [1.54, 1.807) is 19.2 Å². The number of hydrogen-bond acceptors (Lipinski definition) is 9. The molecule has 0 radical (unpaired) electrons. The molecule has 0 spiro atoms. The number of piperidine rings is 1. The number of aliphatic imine (C=N–C) groups is 1. The lowest BCUT2D eigenvalue weighted by Crippen LogP contribution is -2.47. The first-order chi connectivity index (χ1) is 18.2. The number of sulfonamides is 1. The fraction of sp³-hybridized carbons (Fsp3) is 0.480. The van der Waals surface area contributed by atoms with E-state index in [0.29, 0.717) is 64.6 Å². The largest absolute Gasteiger partial charge is 0.463 e. The molecule has 2 N–H and O–H groups in total. The molecule has 3 aliphatic rings. The average Bonchev–Trinajstić information content (AvgIpc) is 3.61. The monoisotopic (exact) mass is 625 g/mol. The van der Waals surface area contributed by atoms with Gasteiger partial charge in [-0.25, -0.2) is 27.3 Å². The number of carbonyl (C=O) groups is 1. The van der Waals surface area contributed by atoms with Gasteiger partial charge >= 0.3 is 5.97 Å². The van der Waals surface area contributed by atoms with Gasteiger partial charge in [0.2, 0.25) is 10.0 Å². The van der Waals surface area contributed by atoms with Crippen LogP contribution in [0.2, 0.25) is 0 Å². The molecule has 1 unspecified atom stereocenters. The molecule has 0 bridgehead atoms. The lowest BCUT2D eigenvalue weighted by atomic mass is 9.95. The van der Waals surface area contributed by atoms with Crippen LogP contribution in [0.4, 0.5) is 4.39 Å². The van der Waals surface area contributed by atoms with Gasteiger partial charge in [0.15, 0.2) is 10.8 Å². The van der Waals surface area contributed by atoms with Gasteiger partial charge in [-0.15, -0.1) is 11.3 Å². The Labute approximate surface area is 233 Å². The number of halogens is 2. The maximum absolute atomic E-state index is 13.9. The molecule has 1 saturated heterocycles. The maximum Gasteiger partial charge on any atom is 0.338 e. The first-order valence-corrected chi connectivity index (χ1v) is 15.8. The van der Waals surface area contributed by atoms with Crippen LogP contribution in [-0.2, 0) is 19.6 Å². The molecule has 5 rings (SSSR count). The van der Waals surface area contributed by atoms with Gasteiger partial charge in [-0.05, 0) is 50.3 Å². The van der Waals surface area contributed by atoms with E-state index in [9.17, 15) is 17.6 Å². The van der Waals surface area contributed by atoms with E-state index in [2.05, 4.69) is 35.9 Å². The number of likely N-dealkylation sites (tertiary alicyclic amines) is 1. The fourth-order valence-corrected chi connectivity index (χ4v) is 7.51. The second-order valence-electron chi connectivity index (χ2n) is 9.53. The van der Waals surface area contributed by atoms with Crippen LogP contribution in [0, 0.1) is 5.82 Å². The highest BCUT2D eigenvalue weighted by Gasteiger charge is 2.38. The molecular weight excluding hydrogens is 597 g/mol. The van der Waals surface area contributed by atoms with Gasteiger partial charge < -0.3 is 10.1 Å². The Morgan fingerprint density at radius 3 is 2.68 bits per heavy atom. The van der Waals surface area contributed by atoms with Crippen LogP contribution in [0.1, 0.15) is 49.2 Å². The van der Waals surface area contributed by atoms with E-state index in [-0.39, 0.29) is 17.9 Å². The Kier molecular flexibility index (Phi) is 8.29. The second kappa shape index (κ2) is 11.5. The molecule has 13 heteroatoms. The van der Waals surface area contributed by atoms with Crippen molar-refractivity contribution in [2.75, 3.05) is 26.2 Å². The van der Waals surface area contributed by atoms with E-state index in [1.807, 2.05) is 5.38 Å². The minimum Gasteiger partial charge on any atom is -0.463 e. The third-order valence-electron chi connectivity index (χ3n) is 6.78. The Morgan fingerprint density at radius 1 is 1.29 bits per heavy atom. The van der Waals surface area contributed by atoms with Crippen LogP contribution >= 0.6 is 27.3 Å². The Bertz CT molecular complexity index is 1350. The van der Waals surface area contributed by atoms with Gasteiger partial charge in [-0.3, -0.25) is 9.89 Å². The van der Waals surface area contributed by atoms with Crippen LogP contribution in [0.25, 0.3) is 0 Å². The van der Waals surface area contributed by atoms with Crippen molar-refractivity contribution in [1.82, 2.24) is 19.9 Å². The zero-order chi connectivity index (χ0) is 26.9. The number of benzene rings is 1. The molecule has 3 heterocycles. The third-order valence-corrected chi connectivity index (χ3v) is 10.3. The van der Waals surface area contributed by atoms with E-state index in [4.69, 9.17) is 9.73 Å². The molecule has 2 fully saturated rings. The quantitative estimate of drug-likeness (QED) is 0.410. The summed E-state index contributed by atoms with van der Waals surface area (Å²) in [5, 5.41) is 5.61. The summed E-state index contributed by atoms with van der Waals surface area (Å²) < 4.78 is 47.5. The van der Waals surface area contributed by atoms with Crippen molar-refractivity contribution in [2.24, 2.45) is 4.99 Å². The number of hydrogen-bond donors (Lipinski definition) is 2. The van der Waals surface area contributed by atoms with E-state index in [1.165, 1.54) is 23.5 Å². The van der Waals surface area contributed by atoms with Crippen molar-refractivity contribution in [2.45, 2.75) is 49.9 Å². The summed E-state index contributed by atoms with van der Waals surface area (Å²) >= 11 is 4.87. The molecule has 1 aliphatic carbocycles. The predicted octanol–water partition coefficient (Wildman–Crippen LogP) is 3.50. The normalized spacial score (nSPS) is 21.2. The Balaban J connectivity index is 1.43. The standard InChI is InChI=1S/C25H29BrFN5O4S2/c1-2-36-25(33)21-20(14-32-10-7-16(8-11-32)31-38(34,35)17-4-5-17)29-23(24-28-9-12-37-24)30-22(21)18-6-3-15(27)13-19(18)26/h3,6,9,12-13,16-17,22,31H,2,4-5,7-8,10-11,14H2,1H3,(H,29,30). The van der Waals surface area contributed by atoms with E-state index < -0.39 is 27.9 Å². The molecule has 9 nitrogen and oxygen atoms in total. The zero-order valence-corrected chi connectivity index (χ0v) is 24.0. The smallest absolute Gasteiger partial charge is 0.338 e. The summed E-state index contributed by atoms with van der Waals surface area (Å²) in [6.07, 6.45) is 4.51. The van der Waals surface area contributed by atoms with Crippen LogP contribution in [-0.4, -0.2) is 67.6 Å². The molecule has 0 amide bonds. The second-order valence-corrected chi connectivity index (χ2v) is 13.3. The van der Waals surface area contributed by atoms with Gasteiger partial charge in [0.05, 0.1) is 17.4 Å². The molecule has 2 aromatic rings. The number of rotatable bonds is 9. The lowest BCUT2D eigenvalue weighted by Gasteiger charge is -2.35. The van der Waals surface area contributed by atoms with Gasteiger partial charge in [-0.2, -0.15) is 0 Å². The van der Waals surface area contributed by atoms with Crippen LogP contribution in [0.5, 0.6) is 0 Å². The SMILES string of the molecule is CCOC(=O)C1=C(CN2CCC(NS(=O)(=O)C3CC3)CC2)NC(c2nccs2)=NC1c1ccc(F)cc1Br. The number of nitrogens with one attached hydrogen (secondary N) is 2. The first kappa shape index (κ1) is 27.4. The molecule has 1 atom stereocenters. The molecular formula is C25H29BrFN5O4S2. The van der Waals surface area contributed by atoms with Gasteiger partial charge in [0.1, 0.15) is 11.9 Å². The highest BCUT2D eigenvalue weighted by Crippen LogP contribution is 2.37. The van der Waals surface area contributed by atoms with Crippen LogP contribution in [0.3, 0.4) is 0 Å². The van der Waals surface area contributed by atoms with Gasteiger partial charge in [-0.1, -0.05) is 22.0 Å². The number of aromatic nitrogens is 1. The summed E-state index contributed by atoms with van der Waals surface area (Å²) in [4.78, 5) is 24.7. The minimum absolute atomic E-state index is 0.0926. The maximum atomic E-state index is 13.9. The zero-order valence-electron chi connectivity index (χ0n) is 20.8. The van der Waals surface area contributed by atoms with Crippen molar-refractivity contribution in [3.05, 3.63) is 61.9 Å². The summed E-state index contributed by atoms with van der Waals surface area (Å²) in [5.74, 6) is -0.373. The summed E-state index contributed by atoms with van der Waals surface area (Å²) in [5.41, 5.74) is 1.63. The lowest BCUT2D eigenvalue weighted by molar-refractivity contribution is -0.139. The van der Waals surface area contributed by atoms with Crippen molar-refractivity contribution >= 4 is 49.1 Å². The van der Waals surface area contributed by atoms with Gasteiger partial charge in [0, 0.05) is 47.4 Å². The Hall–Kier alpha value is -2.19. The average molecular weight is 627 g/mol. The number of esters is 1. The van der Waals surface area contributed by atoms with Gasteiger partial charge in [0.25, 0.3) is 0 Å². The molecule has 38 heavy (non-hydrogen) atoms. The number of amidine groups is 1. The molecule has 1 aromatic heterocycles. The number of carbonyl (C=O) groups excluding carboxylic acids is 1. The number of thiazole rings is 1. The predicted molar refractivity (Wildman–Crippen MR) is 147 cm³/mol. The van der Waals surface area contributed by atoms with Crippen LogP contribution in [0.15, 0.2) is 50.5 Å². The van der Waals surface area contributed by atoms with Crippen LogP contribution < -0.4 is 10.0 Å². The Morgan fingerprint density at radius 2 is 2.05 bits per heavy atom. The minimum atomic E-state index is -3.24.